The monoisotopic (exact) mass is 406 g/mol. The van der Waals surface area contributed by atoms with Gasteiger partial charge in [0.2, 0.25) is 10.0 Å². The highest BCUT2D eigenvalue weighted by Gasteiger charge is 2.18. The summed E-state index contributed by atoms with van der Waals surface area (Å²) in [5.41, 5.74) is 1.30. The van der Waals surface area contributed by atoms with Gasteiger partial charge >= 0.3 is 0 Å². The summed E-state index contributed by atoms with van der Waals surface area (Å²) < 4.78 is 36.5. The molecule has 2 aromatic rings. The number of carbonyl (C=O) groups excluding carboxylic acids is 1. The minimum absolute atomic E-state index is 0.00993. The van der Waals surface area contributed by atoms with Crippen LogP contribution in [0.2, 0.25) is 0 Å². The van der Waals surface area contributed by atoms with Crippen LogP contribution in [-0.4, -0.2) is 33.8 Å². The van der Waals surface area contributed by atoms with Crippen molar-refractivity contribution in [3.05, 3.63) is 53.6 Å². The second-order valence-corrected chi connectivity index (χ2v) is 8.44. The molecule has 1 amide bonds. The molecule has 0 saturated carbocycles. The first kappa shape index (κ1) is 21.6. The number of hydrogen-bond donors (Lipinski definition) is 2. The second kappa shape index (κ2) is 8.97. The lowest BCUT2D eigenvalue weighted by molar-refractivity contribution is 0.0940. The van der Waals surface area contributed by atoms with E-state index in [9.17, 15) is 13.2 Å². The molecule has 0 aliphatic heterocycles. The molecule has 0 aliphatic carbocycles. The lowest BCUT2D eigenvalue weighted by Gasteiger charge is -2.19. The summed E-state index contributed by atoms with van der Waals surface area (Å²) in [7, 11) is -1.94. The maximum Gasteiger partial charge on any atom is 0.253 e. The van der Waals surface area contributed by atoms with E-state index in [1.165, 1.54) is 0 Å². The van der Waals surface area contributed by atoms with Gasteiger partial charge in [-0.1, -0.05) is 18.2 Å². The standard InChI is InChI=1S/C20H26N2O5S/c1-13(2)27-18-11-10-15(12-19(18)26-4)14(3)21-20(23)16-8-6-7-9-17(16)22-28(5,24)25/h6-14,22H,1-5H3,(H,21,23). The van der Waals surface area contributed by atoms with Gasteiger partial charge in [-0.15, -0.1) is 0 Å². The van der Waals surface area contributed by atoms with E-state index < -0.39 is 10.0 Å². The second-order valence-electron chi connectivity index (χ2n) is 6.69. The van der Waals surface area contributed by atoms with E-state index in [1.807, 2.05) is 32.9 Å². The van der Waals surface area contributed by atoms with Crippen LogP contribution in [0.5, 0.6) is 11.5 Å². The van der Waals surface area contributed by atoms with Crippen molar-refractivity contribution >= 4 is 21.6 Å². The van der Waals surface area contributed by atoms with Crippen LogP contribution in [0.4, 0.5) is 5.69 Å². The Morgan fingerprint density at radius 3 is 2.32 bits per heavy atom. The molecule has 2 aromatic carbocycles. The summed E-state index contributed by atoms with van der Waals surface area (Å²) in [6.07, 6.45) is 1.05. The first-order valence-electron chi connectivity index (χ1n) is 8.83. The lowest BCUT2D eigenvalue weighted by Crippen LogP contribution is -2.28. The Morgan fingerprint density at radius 1 is 1.04 bits per heavy atom. The van der Waals surface area contributed by atoms with Crippen molar-refractivity contribution in [2.75, 3.05) is 18.1 Å². The third-order valence-electron chi connectivity index (χ3n) is 3.86. The predicted molar refractivity (Wildman–Crippen MR) is 110 cm³/mol. The number of anilines is 1. The van der Waals surface area contributed by atoms with Gasteiger partial charge < -0.3 is 14.8 Å². The zero-order valence-corrected chi connectivity index (χ0v) is 17.5. The van der Waals surface area contributed by atoms with Crippen LogP contribution in [0.15, 0.2) is 42.5 Å². The van der Waals surface area contributed by atoms with Crippen molar-refractivity contribution in [3.8, 4) is 11.5 Å². The SMILES string of the molecule is COc1cc(C(C)NC(=O)c2ccccc2NS(C)(=O)=O)ccc1OC(C)C. The molecule has 0 saturated heterocycles. The zero-order valence-electron chi connectivity index (χ0n) is 16.6. The molecule has 0 bridgehead atoms. The van der Waals surface area contributed by atoms with Gasteiger partial charge in [0.25, 0.3) is 5.91 Å². The number of benzene rings is 2. The number of methoxy groups -OCH3 is 1. The summed E-state index contributed by atoms with van der Waals surface area (Å²) in [5, 5.41) is 2.88. The molecule has 0 aliphatic rings. The normalized spacial score (nSPS) is 12.4. The Hall–Kier alpha value is -2.74. The van der Waals surface area contributed by atoms with Crippen molar-refractivity contribution in [1.82, 2.24) is 5.32 Å². The molecule has 8 heteroatoms. The molecular weight excluding hydrogens is 380 g/mol. The van der Waals surface area contributed by atoms with E-state index >= 15 is 0 Å². The highest BCUT2D eigenvalue weighted by atomic mass is 32.2. The smallest absolute Gasteiger partial charge is 0.253 e. The number of ether oxygens (including phenoxy) is 2. The highest BCUT2D eigenvalue weighted by Crippen LogP contribution is 2.31. The molecule has 0 fully saturated rings. The van der Waals surface area contributed by atoms with Gasteiger partial charge in [0.1, 0.15) is 0 Å². The number of rotatable bonds is 8. The van der Waals surface area contributed by atoms with Crippen LogP contribution in [-0.2, 0) is 10.0 Å². The number of sulfonamides is 1. The zero-order chi connectivity index (χ0) is 20.9. The first-order valence-corrected chi connectivity index (χ1v) is 10.7. The van der Waals surface area contributed by atoms with Gasteiger partial charge in [0.05, 0.1) is 36.8 Å². The molecule has 2 N–H and O–H groups in total. The molecule has 7 nitrogen and oxygen atoms in total. The number of para-hydroxylation sites is 1. The minimum Gasteiger partial charge on any atom is -0.493 e. The molecule has 0 heterocycles. The van der Waals surface area contributed by atoms with E-state index in [-0.39, 0.29) is 29.3 Å². The fourth-order valence-electron chi connectivity index (χ4n) is 2.63. The van der Waals surface area contributed by atoms with Gasteiger partial charge in [0, 0.05) is 0 Å². The third-order valence-corrected chi connectivity index (χ3v) is 4.46. The van der Waals surface area contributed by atoms with Gasteiger partial charge in [-0.3, -0.25) is 9.52 Å². The van der Waals surface area contributed by atoms with Crippen LogP contribution < -0.4 is 19.5 Å². The van der Waals surface area contributed by atoms with Gasteiger partial charge in [0.15, 0.2) is 11.5 Å². The topological polar surface area (TPSA) is 93.7 Å². The Labute approximate surface area is 166 Å². The molecule has 1 atom stereocenters. The van der Waals surface area contributed by atoms with Crippen LogP contribution >= 0.6 is 0 Å². The van der Waals surface area contributed by atoms with E-state index in [0.29, 0.717) is 11.5 Å². The van der Waals surface area contributed by atoms with Crippen molar-refractivity contribution in [2.45, 2.75) is 32.9 Å². The molecule has 2 rings (SSSR count). The number of carbonyl (C=O) groups is 1. The van der Waals surface area contributed by atoms with Crippen molar-refractivity contribution in [2.24, 2.45) is 0 Å². The maximum atomic E-state index is 12.7. The van der Waals surface area contributed by atoms with Crippen molar-refractivity contribution < 1.29 is 22.7 Å². The number of nitrogens with one attached hydrogen (secondary N) is 2. The highest BCUT2D eigenvalue weighted by molar-refractivity contribution is 7.92. The van der Waals surface area contributed by atoms with Gasteiger partial charge in [-0.25, -0.2) is 8.42 Å². The summed E-state index contributed by atoms with van der Waals surface area (Å²) in [6.45, 7) is 5.69. The molecule has 28 heavy (non-hydrogen) atoms. The van der Waals surface area contributed by atoms with Crippen molar-refractivity contribution in [1.29, 1.82) is 0 Å². The quantitative estimate of drug-likeness (QED) is 0.701. The molecule has 0 spiro atoms. The average Bonchev–Trinajstić information content (AvgIpc) is 2.60. The number of hydrogen-bond acceptors (Lipinski definition) is 5. The predicted octanol–water partition coefficient (Wildman–Crippen LogP) is 3.34. The maximum absolute atomic E-state index is 12.7. The molecule has 152 valence electrons. The summed E-state index contributed by atoms with van der Waals surface area (Å²) in [5.74, 6) is 0.814. The summed E-state index contributed by atoms with van der Waals surface area (Å²) in [6, 6.07) is 11.6. The number of amides is 1. The fourth-order valence-corrected chi connectivity index (χ4v) is 3.21. The average molecular weight is 407 g/mol. The summed E-state index contributed by atoms with van der Waals surface area (Å²) in [4.78, 5) is 12.7. The van der Waals surface area contributed by atoms with E-state index in [2.05, 4.69) is 10.0 Å². The fraction of sp³-hybridized carbons (Fsp3) is 0.350. The lowest BCUT2D eigenvalue weighted by atomic mass is 10.1. The van der Waals surface area contributed by atoms with Crippen LogP contribution in [0.1, 0.15) is 42.7 Å². The largest absolute Gasteiger partial charge is 0.493 e. The first-order chi connectivity index (χ1) is 13.1. The van der Waals surface area contributed by atoms with Crippen LogP contribution in [0.25, 0.3) is 0 Å². The van der Waals surface area contributed by atoms with E-state index in [1.54, 1.807) is 37.4 Å². The van der Waals surface area contributed by atoms with Gasteiger partial charge in [-0.05, 0) is 50.6 Å². The minimum atomic E-state index is -3.50. The van der Waals surface area contributed by atoms with E-state index in [0.717, 1.165) is 11.8 Å². The Balaban J connectivity index is 2.21. The van der Waals surface area contributed by atoms with E-state index in [4.69, 9.17) is 9.47 Å². The molecule has 0 aromatic heterocycles. The Morgan fingerprint density at radius 2 is 1.71 bits per heavy atom. The third kappa shape index (κ3) is 5.88. The van der Waals surface area contributed by atoms with Crippen LogP contribution in [0.3, 0.4) is 0 Å². The molecular formula is C20H26N2O5S. The molecule has 1 unspecified atom stereocenters. The molecule has 0 radical (unpaired) electrons. The Kier molecular flexibility index (Phi) is 6.90. The summed E-state index contributed by atoms with van der Waals surface area (Å²) >= 11 is 0. The van der Waals surface area contributed by atoms with Gasteiger partial charge in [-0.2, -0.15) is 0 Å². The Bertz CT molecular complexity index is 941. The van der Waals surface area contributed by atoms with Crippen LogP contribution in [0, 0.1) is 0 Å². The van der Waals surface area contributed by atoms with Crippen molar-refractivity contribution in [3.63, 3.8) is 0 Å².